The summed E-state index contributed by atoms with van der Waals surface area (Å²) >= 11 is 3.27. The van der Waals surface area contributed by atoms with E-state index in [0.717, 1.165) is 0 Å². The number of rotatable bonds is 8. The van der Waals surface area contributed by atoms with Crippen molar-refractivity contribution in [2.24, 2.45) is 0 Å². The molecule has 0 spiro atoms. The van der Waals surface area contributed by atoms with Gasteiger partial charge in [0.05, 0.1) is 30.4 Å². The highest BCUT2D eigenvalue weighted by Crippen LogP contribution is 2.45. The molecule has 0 amide bonds. The van der Waals surface area contributed by atoms with Crippen molar-refractivity contribution in [3.05, 3.63) is 39.2 Å². The highest BCUT2D eigenvalue weighted by atomic mass is 79.9. The van der Waals surface area contributed by atoms with Gasteiger partial charge in [0.1, 0.15) is 17.8 Å². The lowest BCUT2D eigenvalue weighted by Crippen LogP contribution is -2.57. The number of nitrogens with zero attached hydrogens (tertiary/aromatic N) is 1. The van der Waals surface area contributed by atoms with Crippen molar-refractivity contribution in [3.63, 3.8) is 0 Å². The first-order chi connectivity index (χ1) is 12.0. The van der Waals surface area contributed by atoms with Crippen molar-refractivity contribution < 1.29 is 24.1 Å². The highest BCUT2D eigenvalue weighted by molar-refractivity contribution is 9.10. The third-order valence-corrected chi connectivity index (χ3v) is 5.14. The number of hydrogen-bond acceptors (Lipinski definition) is 6. The number of pyridine rings is 1. The summed E-state index contributed by atoms with van der Waals surface area (Å²) < 4.78 is 25.1. The third-order valence-electron chi connectivity index (χ3n) is 4.57. The fraction of sp³-hybridized carbons (Fsp3) is 0.588. The van der Waals surface area contributed by atoms with Gasteiger partial charge in [-0.2, -0.15) is 0 Å². The second kappa shape index (κ2) is 8.46. The molecule has 1 aliphatic heterocycles. The van der Waals surface area contributed by atoms with Crippen molar-refractivity contribution in [2.75, 3.05) is 34.5 Å². The minimum atomic E-state index is -0.972. The van der Waals surface area contributed by atoms with Gasteiger partial charge in [-0.25, -0.2) is 0 Å². The van der Waals surface area contributed by atoms with Crippen molar-refractivity contribution in [1.29, 1.82) is 0 Å². The number of aliphatic hydroxyl groups excluding tert-OH is 1. The van der Waals surface area contributed by atoms with Gasteiger partial charge >= 0.3 is 0 Å². The van der Waals surface area contributed by atoms with Crippen LogP contribution in [0.5, 0.6) is 5.75 Å². The summed E-state index contributed by atoms with van der Waals surface area (Å²) in [6.07, 6.45) is 2.54. The van der Waals surface area contributed by atoms with Crippen molar-refractivity contribution >= 4 is 15.9 Å². The Bertz CT molecular complexity index is 676. The lowest BCUT2D eigenvalue weighted by atomic mass is 9.81. The number of hydrogen-bond donors (Lipinski definition) is 1. The van der Waals surface area contributed by atoms with Crippen LogP contribution in [-0.2, 0) is 20.8 Å². The van der Waals surface area contributed by atoms with Crippen LogP contribution in [0.2, 0.25) is 0 Å². The molecule has 0 radical (unpaired) electrons. The average Bonchev–Trinajstić information content (AvgIpc) is 2.61. The summed E-state index contributed by atoms with van der Waals surface area (Å²) in [6.45, 7) is 4.29. The summed E-state index contributed by atoms with van der Waals surface area (Å²) in [4.78, 5) is 12.5. The Morgan fingerprint density at radius 1 is 1.48 bits per heavy atom. The lowest BCUT2D eigenvalue weighted by Gasteiger charge is -2.48. The van der Waals surface area contributed by atoms with Crippen molar-refractivity contribution in [1.82, 2.24) is 4.57 Å². The molecule has 0 fully saturated rings. The maximum atomic E-state index is 12.5. The number of ether oxygens (including phenoxy) is 4. The highest BCUT2D eigenvalue weighted by Gasteiger charge is 2.53. The van der Waals surface area contributed by atoms with Crippen LogP contribution in [0.3, 0.4) is 0 Å². The van der Waals surface area contributed by atoms with E-state index >= 15 is 0 Å². The largest absolute Gasteiger partial charge is 0.491 e. The van der Waals surface area contributed by atoms with Crippen LogP contribution in [0.1, 0.15) is 18.2 Å². The first-order valence-corrected chi connectivity index (χ1v) is 8.68. The van der Waals surface area contributed by atoms with Gasteiger partial charge in [0.2, 0.25) is 5.43 Å². The third kappa shape index (κ3) is 3.41. The first-order valence-electron chi connectivity index (χ1n) is 7.88. The van der Waals surface area contributed by atoms with Gasteiger partial charge in [0.25, 0.3) is 0 Å². The maximum Gasteiger partial charge on any atom is 0.237 e. The van der Waals surface area contributed by atoms with Gasteiger partial charge in [-0.3, -0.25) is 4.79 Å². The normalized spacial score (nSPS) is 25.5. The van der Waals surface area contributed by atoms with E-state index < -0.39 is 17.8 Å². The van der Waals surface area contributed by atoms with E-state index in [1.54, 1.807) is 19.4 Å². The summed E-state index contributed by atoms with van der Waals surface area (Å²) in [6, 6.07) is 0. The van der Waals surface area contributed by atoms with E-state index in [0.29, 0.717) is 23.3 Å². The predicted octanol–water partition coefficient (Wildman–Crippen LogP) is 1.66. The fourth-order valence-corrected chi connectivity index (χ4v) is 3.90. The fourth-order valence-electron chi connectivity index (χ4n) is 3.47. The SMILES string of the molecule is C=CCOC1Cn2cc(Br)c(=O)c(OC)c2C(OC)C1(CCO)OC. The van der Waals surface area contributed by atoms with Crippen LogP contribution >= 0.6 is 15.9 Å². The molecule has 1 aliphatic rings. The molecule has 2 rings (SSSR count). The van der Waals surface area contributed by atoms with Crippen LogP contribution in [0.4, 0.5) is 0 Å². The molecular formula is C17H24BrNO6. The zero-order valence-corrected chi connectivity index (χ0v) is 16.2. The second-order valence-corrected chi connectivity index (χ2v) is 6.59. The molecule has 25 heavy (non-hydrogen) atoms. The zero-order chi connectivity index (χ0) is 18.6. The molecule has 1 N–H and O–H groups in total. The average molecular weight is 418 g/mol. The smallest absolute Gasteiger partial charge is 0.237 e. The Morgan fingerprint density at radius 3 is 2.72 bits per heavy atom. The molecule has 140 valence electrons. The van der Waals surface area contributed by atoms with Crippen LogP contribution in [0, 0.1) is 0 Å². The Kier molecular flexibility index (Phi) is 6.81. The van der Waals surface area contributed by atoms with Gasteiger partial charge in [-0.05, 0) is 15.9 Å². The van der Waals surface area contributed by atoms with E-state index in [1.807, 2.05) is 4.57 Å². The monoisotopic (exact) mass is 417 g/mol. The Labute approximate surface area is 155 Å². The number of aromatic nitrogens is 1. The van der Waals surface area contributed by atoms with Crippen LogP contribution in [-0.4, -0.2) is 55.9 Å². The number of methoxy groups -OCH3 is 3. The van der Waals surface area contributed by atoms with E-state index in [-0.39, 0.29) is 24.2 Å². The predicted molar refractivity (Wildman–Crippen MR) is 96.1 cm³/mol. The van der Waals surface area contributed by atoms with Crippen LogP contribution in [0.25, 0.3) is 0 Å². The molecule has 1 aromatic rings. The minimum absolute atomic E-state index is 0.120. The molecule has 0 aliphatic carbocycles. The number of fused-ring (bicyclic) bond motifs is 1. The summed E-state index contributed by atoms with van der Waals surface area (Å²) in [5.74, 6) is 0.183. The molecule has 0 saturated carbocycles. The number of aliphatic hydroxyl groups is 1. The molecule has 0 aromatic carbocycles. The van der Waals surface area contributed by atoms with Gasteiger partial charge < -0.3 is 28.6 Å². The Hall–Kier alpha value is -1.19. The maximum absolute atomic E-state index is 12.5. The zero-order valence-electron chi connectivity index (χ0n) is 14.7. The summed E-state index contributed by atoms with van der Waals surface area (Å²) in [5, 5.41) is 9.63. The van der Waals surface area contributed by atoms with Crippen LogP contribution < -0.4 is 10.2 Å². The van der Waals surface area contributed by atoms with E-state index in [4.69, 9.17) is 18.9 Å². The molecule has 0 saturated heterocycles. The van der Waals surface area contributed by atoms with Gasteiger partial charge in [0.15, 0.2) is 5.75 Å². The molecule has 2 heterocycles. The Balaban J connectivity index is 2.70. The molecule has 7 nitrogen and oxygen atoms in total. The van der Waals surface area contributed by atoms with Gasteiger partial charge in [-0.15, -0.1) is 6.58 Å². The van der Waals surface area contributed by atoms with Crippen molar-refractivity contribution in [2.45, 2.75) is 30.8 Å². The lowest BCUT2D eigenvalue weighted by molar-refractivity contribution is -0.213. The number of halogens is 1. The summed E-state index contributed by atoms with van der Waals surface area (Å²) in [7, 11) is 4.52. The molecular weight excluding hydrogens is 394 g/mol. The molecule has 3 unspecified atom stereocenters. The second-order valence-electron chi connectivity index (χ2n) is 5.74. The van der Waals surface area contributed by atoms with Crippen molar-refractivity contribution in [3.8, 4) is 5.75 Å². The van der Waals surface area contributed by atoms with E-state index in [9.17, 15) is 9.90 Å². The Morgan fingerprint density at radius 2 is 2.20 bits per heavy atom. The molecule has 0 bridgehead atoms. The van der Waals surface area contributed by atoms with Gasteiger partial charge in [0, 0.05) is 33.4 Å². The topological polar surface area (TPSA) is 79.2 Å². The molecule has 8 heteroatoms. The minimum Gasteiger partial charge on any atom is -0.491 e. The van der Waals surface area contributed by atoms with E-state index in [1.165, 1.54) is 14.2 Å². The summed E-state index contributed by atoms with van der Waals surface area (Å²) in [5.41, 5.74) is -0.678. The molecule has 3 atom stereocenters. The van der Waals surface area contributed by atoms with E-state index in [2.05, 4.69) is 22.5 Å². The molecule has 1 aromatic heterocycles. The van der Waals surface area contributed by atoms with Crippen LogP contribution in [0.15, 0.2) is 28.1 Å². The standard InChI is InChI=1S/C17H24BrNO6/c1-5-8-25-12-10-19-9-11(18)14(21)15(22-2)13(19)16(23-3)17(12,24-4)6-7-20/h5,9,12,16,20H,1,6-8,10H2,2-4H3. The quantitative estimate of drug-likeness (QED) is 0.647. The first kappa shape index (κ1) is 20.1. The van der Waals surface area contributed by atoms with Gasteiger partial charge in [-0.1, -0.05) is 6.08 Å².